The van der Waals surface area contributed by atoms with E-state index < -0.39 is 11.7 Å². The highest BCUT2D eigenvalue weighted by atomic mass is 16.6. The summed E-state index contributed by atoms with van der Waals surface area (Å²) >= 11 is 0. The van der Waals surface area contributed by atoms with E-state index >= 15 is 0 Å². The normalized spacial score (nSPS) is 13.9. The molecule has 1 atom stereocenters. The molecule has 4 nitrogen and oxygen atoms in total. The van der Waals surface area contributed by atoms with Crippen molar-refractivity contribution in [3.05, 3.63) is 24.2 Å². The summed E-state index contributed by atoms with van der Waals surface area (Å²) in [4.78, 5) is 11.5. The van der Waals surface area contributed by atoms with Crippen LogP contribution in [-0.2, 0) is 9.53 Å². The van der Waals surface area contributed by atoms with Crippen molar-refractivity contribution in [3.63, 3.8) is 0 Å². The minimum absolute atomic E-state index is 0.0619. The van der Waals surface area contributed by atoms with Gasteiger partial charge in [0.05, 0.1) is 6.26 Å². The van der Waals surface area contributed by atoms with Crippen LogP contribution in [0.25, 0.3) is 0 Å². The summed E-state index contributed by atoms with van der Waals surface area (Å²) in [7, 11) is 0. The van der Waals surface area contributed by atoms with Gasteiger partial charge >= 0.3 is 0 Å². The van der Waals surface area contributed by atoms with Gasteiger partial charge in [0, 0.05) is 5.41 Å². The lowest BCUT2D eigenvalue weighted by molar-refractivity contribution is -0.150. The third-order valence-corrected chi connectivity index (χ3v) is 2.00. The van der Waals surface area contributed by atoms with Gasteiger partial charge in [-0.05, 0) is 12.1 Å². The average molecular weight is 212 g/mol. The van der Waals surface area contributed by atoms with Crippen molar-refractivity contribution in [2.75, 3.05) is 6.61 Å². The molecule has 1 N–H and O–H groups in total. The molecule has 0 unspecified atom stereocenters. The van der Waals surface area contributed by atoms with Gasteiger partial charge in [-0.2, -0.15) is 0 Å². The van der Waals surface area contributed by atoms with Crippen molar-refractivity contribution in [1.82, 2.24) is 0 Å². The maximum atomic E-state index is 11.5. The molecule has 1 rings (SSSR count). The molecule has 0 aliphatic heterocycles. The third kappa shape index (κ3) is 3.49. The second kappa shape index (κ2) is 4.59. The van der Waals surface area contributed by atoms with Crippen molar-refractivity contribution < 1.29 is 19.1 Å². The summed E-state index contributed by atoms with van der Waals surface area (Å²) in [6, 6.07) is 3.24. The summed E-state index contributed by atoms with van der Waals surface area (Å²) in [6.45, 7) is 5.29. The Balaban J connectivity index is 2.42. The maximum Gasteiger partial charge on any atom is 0.215 e. The van der Waals surface area contributed by atoms with Crippen LogP contribution in [0, 0.1) is 5.41 Å². The van der Waals surface area contributed by atoms with Crippen LogP contribution in [0.15, 0.2) is 22.8 Å². The van der Waals surface area contributed by atoms with Gasteiger partial charge in [0.25, 0.3) is 0 Å². The van der Waals surface area contributed by atoms with Crippen LogP contribution < -0.4 is 0 Å². The van der Waals surface area contributed by atoms with E-state index in [-0.39, 0.29) is 12.4 Å². The van der Waals surface area contributed by atoms with Gasteiger partial charge in [-0.1, -0.05) is 20.8 Å². The first-order chi connectivity index (χ1) is 6.91. The maximum absolute atomic E-state index is 11.5. The predicted octanol–water partition coefficient (Wildman–Crippen LogP) is 1.90. The molecule has 1 heterocycles. The van der Waals surface area contributed by atoms with Crippen LogP contribution in [0.3, 0.4) is 0 Å². The van der Waals surface area contributed by atoms with Crippen LogP contribution in [0.5, 0.6) is 0 Å². The van der Waals surface area contributed by atoms with Crippen molar-refractivity contribution in [1.29, 1.82) is 0 Å². The molecule has 0 aliphatic rings. The van der Waals surface area contributed by atoms with Crippen molar-refractivity contribution in [3.8, 4) is 0 Å². The van der Waals surface area contributed by atoms with E-state index in [4.69, 9.17) is 9.15 Å². The molecule has 0 radical (unpaired) electrons. The number of furan rings is 1. The zero-order chi connectivity index (χ0) is 11.5. The first-order valence-electron chi connectivity index (χ1n) is 4.77. The quantitative estimate of drug-likeness (QED) is 0.774. The number of Topliss-reactive ketones (excluding diaryl/α,β-unsaturated/α-hetero) is 1. The summed E-state index contributed by atoms with van der Waals surface area (Å²) in [6.07, 6.45) is 0.263. The van der Waals surface area contributed by atoms with Gasteiger partial charge in [0.1, 0.15) is 6.61 Å². The summed E-state index contributed by atoms with van der Waals surface area (Å²) in [5, 5.41) is 9.46. The minimum Gasteiger partial charge on any atom is -0.464 e. The lowest BCUT2D eigenvalue weighted by Gasteiger charge is -2.17. The summed E-state index contributed by atoms with van der Waals surface area (Å²) in [5.41, 5.74) is -0.455. The van der Waals surface area contributed by atoms with E-state index in [9.17, 15) is 9.90 Å². The van der Waals surface area contributed by atoms with Crippen LogP contribution >= 0.6 is 0 Å². The number of aliphatic hydroxyl groups is 1. The van der Waals surface area contributed by atoms with E-state index in [1.54, 1.807) is 32.9 Å². The van der Waals surface area contributed by atoms with Gasteiger partial charge in [-0.25, -0.2) is 0 Å². The number of hydrogen-bond donors (Lipinski definition) is 1. The van der Waals surface area contributed by atoms with E-state index in [0.717, 1.165) is 0 Å². The molecule has 1 aromatic rings. The molecule has 0 fully saturated rings. The molecule has 4 heteroatoms. The smallest absolute Gasteiger partial charge is 0.215 e. The summed E-state index contributed by atoms with van der Waals surface area (Å²) < 4.78 is 9.91. The fraction of sp³-hybridized carbons (Fsp3) is 0.545. The number of ether oxygens (including phenoxy) is 1. The zero-order valence-electron chi connectivity index (χ0n) is 9.19. The highest BCUT2D eigenvalue weighted by Crippen LogP contribution is 2.18. The molecule has 15 heavy (non-hydrogen) atoms. The minimum atomic E-state index is -1.17. The molecule has 0 bridgehead atoms. The van der Waals surface area contributed by atoms with Gasteiger partial charge in [-0.15, -0.1) is 0 Å². The Labute approximate surface area is 88.8 Å². The van der Waals surface area contributed by atoms with Crippen LogP contribution in [0.1, 0.15) is 32.8 Å². The molecule has 1 aromatic heterocycles. The van der Waals surface area contributed by atoms with Gasteiger partial charge in [0.15, 0.2) is 11.5 Å². The fourth-order valence-electron chi connectivity index (χ4n) is 0.885. The standard InChI is InChI=1S/C11H16O4/c1-11(2,3)9(12)7-15-10(13)8-5-4-6-14-8/h4-6,10,13H,7H2,1-3H3/t10-/m0/s1. The Morgan fingerprint density at radius 1 is 1.60 bits per heavy atom. The first kappa shape index (κ1) is 11.9. The Bertz CT molecular complexity index is 308. The van der Waals surface area contributed by atoms with Crippen LogP contribution in [-0.4, -0.2) is 17.5 Å². The van der Waals surface area contributed by atoms with E-state index in [2.05, 4.69) is 0 Å². The summed E-state index contributed by atoms with van der Waals surface area (Å²) in [5.74, 6) is 0.241. The van der Waals surface area contributed by atoms with Gasteiger partial charge < -0.3 is 14.3 Å². The molecule has 84 valence electrons. The first-order valence-corrected chi connectivity index (χ1v) is 4.77. The highest BCUT2D eigenvalue weighted by molar-refractivity contribution is 5.84. The number of carbonyl (C=O) groups is 1. The van der Waals surface area contributed by atoms with E-state index in [0.29, 0.717) is 5.76 Å². The number of aliphatic hydroxyl groups excluding tert-OH is 1. The SMILES string of the molecule is CC(C)(C)C(=O)CO[C@H](O)c1ccco1. The Kier molecular flexibility index (Phi) is 3.66. The average Bonchev–Trinajstić information content (AvgIpc) is 2.64. The molecule has 0 saturated heterocycles. The molecule has 0 saturated carbocycles. The molecular formula is C11H16O4. The molecular weight excluding hydrogens is 196 g/mol. The van der Waals surface area contributed by atoms with Crippen molar-refractivity contribution in [2.45, 2.75) is 27.1 Å². The predicted molar refractivity (Wildman–Crippen MR) is 54.1 cm³/mol. The van der Waals surface area contributed by atoms with Crippen LogP contribution in [0.4, 0.5) is 0 Å². The lowest BCUT2D eigenvalue weighted by atomic mass is 9.91. The third-order valence-electron chi connectivity index (χ3n) is 2.00. The van der Waals surface area contributed by atoms with Gasteiger partial charge in [0.2, 0.25) is 6.29 Å². The molecule has 0 aliphatic carbocycles. The Morgan fingerprint density at radius 3 is 2.73 bits per heavy atom. The van der Waals surface area contributed by atoms with E-state index in [1.807, 2.05) is 0 Å². The molecule has 0 amide bonds. The topological polar surface area (TPSA) is 59.7 Å². The van der Waals surface area contributed by atoms with Crippen molar-refractivity contribution >= 4 is 5.78 Å². The fourth-order valence-corrected chi connectivity index (χ4v) is 0.885. The van der Waals surface area contributed by atoms with Gasteiger partial charge in [-0.3, -0.25) is 4.79 Å². The number of hydrogen-bond acceptors (Lipinski definition) is 4. The monoisotopic (exact) mass is 212 g/mol. The second-order valence-corrected chi connectivity index (χ2v) is 4.35. The number of rotatable bonds is 4. The van der Waals surface area contributed by atoms with Crippen molar-refractivity contribution in [2.24, 2.45) is 5.41 Å². The molecule has 0 spiro atoms. The second-order valence-electron chi connectivity index (χ2n) is 4.35. The highest BCUT2D eigenvalue weighted by Gasteiger charge is 2.22. The Morgan fingerprint density at radius 2 is 2.27 bits per heavy atom. The van der Waals surface area contributed by atoms with Crippen LogP contribution in [0.2, 0.25) is 0 Å². The van der Waals surface area contributed by atoms with E-state index in [1.165, 1.54) is 6.26 Å². The largest absolute Gasteiger partial charge is 0.464 e. The number of carbonyl (C=O) groups excluding carboxylic acids is 1. The Hall–Kier alpha value is -1.13. The zero-order valence-corrected chi connectivity index (χ0v) is 9.19. The lowest BCUT2D eigenvalue weighted by Crippen LogP contribution is -2.25. The molecule has 0 aromatic carbocycles. The number of ketones is 1.